The molecule has 19 heavy (non-hydrogen) atoms. The Morgan fingerprint density at radius 2 is 2.32 bits per heavy atom. The van der Waals surface area contributed by atoms with Gasteiger partial charge in [0.05, 0.1) is 19.3 Å². The summed E-state index contributed by atoms with van der Waals surface area (Å²) in [7, 11) is 0. The molecule has 0 aromatic carbocycles. The van der Waals surface area contributed by atoms with Crippen molar-refractivity contribution in [3.63, 3.8) is 0 Å². The van der Waals surface area contributed by atoms with Gasteiger partial charge in [-0.3, -0.25) is 4.79 Å². The van der Waals surface area contributed by atoms with Crippen molar-refractivity contribution in [2.24, 2.45) is 0 Å². The predicted octanol–water partition coefficient (Wildman–Crippen LogP) is 0.313. The van der Waals surface area contributed by atoms with E-state index in [1.165, 1.54) is 11.3 Å². The minimum atomic E-state index is -0.333. The fourth-order valence-corrected chi connectivity index (χ4v) is 2.62. The number of ether oxygens (including phenoxy) is 1. The third kappa shape index (κ3) is 3.16. The average Bonchev–Trinajstić information content (AvgIpc) is 2.81. The monoisotopic (exact) mass is 280 g/mol. The van der Waals surface area contributed by atoms with Gasteiger partial charge in [0.15, 0.2) is 5.13 Å². The van der Waals surface area contributed by atoms with Crippen LogP contribution in [-0.2, 0) is 4.74 Å². The van der Waals surface area contributed by atoms with Crippen LogP contribution in [-0.4, -0.2) is 43.2 Å². The molecule has 1 aliphatic heterocycles. The molecule has 102 valence electrons. The van der Waals surface area contributed by atoms with E-state index in [1.54, 1.807) is 6.92 Å². The fraction of sp³-hybridized carbons (Fsp3) is 0.500. The zero-order valence-corrected chi connectivity index (χ0v) is 11.5. The lowest BCUT2D eigenvalue weighted by Gasteiger charge is -2.25. The minimum Gasteiger partial charge on any atom is -0.382 e. The summed E-state index contributed by atoms with van der Waals surface area (Å²) in [4.78, 5) is 18.7. The van der Waals surface area contributed by atoms with Gasteiger partial charge in [-0.1, -0.05) is 17.3 Å². The maximum absolute atomic E-state index is 12.0. The third-order valence-electron chi connectivity index (χ3n) is 2.73. The van der Waals surface area contributed by atoms with Crippen LogP contribution in [0.4, 0.5) is 10.9 Å². The lowest BCUT2D eigenvalue weighted by Crippen LogP contribution is -2.36. The van der Waals surface area contributed by atoms with Gasteiger partial charge >= 0.3 is 0 Å². The van der Waals surface area contributed by atoms with Gasteiger partial charge in [-0.15, -0.1) is 6.42 Å². The second-order valence-corrected chi connectivity index (χ2v) is 5.15. The molecule has 1 atom stereocenters. The molecule has 1 unspecified atom stereocenters. The van der Waals surface area contributed by atoms with Crippen molar-refractivity contribution in [2.75, 3.05) is 36.9 Å². The number of amides is 1. The lowest BCUT2D eigenvalue weighted by molar-refractivity contribution is 0.0953. The molecule has 6 nitrogen and oxygen atoms in total. The fourth-order valence-electron chi connectivity index (χ4n) is 1.68. The molecule has 1 amide bonds. The maximum Gasteiger partial charge on any atom is 0.266 e. The van der Waals surface area contributed by atoms with Gasteiger partial charge in [-0.25, -0.2) is 4.98 Å². The number of hydrogen-bond donors (Lipinski definition) is 2. The number of thiazole rings is 1. The first-order chi connectivity index (χ1) is 9.11. The number of morpholine rings is 1. The van der Waals surface area contributed by atoms with E-state index in [-0.39, 0.29) is 17.8 Å². The Balaban J connectivity index is 2.12. The van der Waals surface area contributed by atoms with Crippen molar-refractivity contribution in [1.29, 1.82) is 0 Å². The van der Waals surface area contributed by atoms with Gasteiger partial charge in [-0.05, 0) is 6.92 Å². The van der Waals surface area contributed by atoms with Crippen LogP contribution >= 0.6 is 11.3 Å². The number of nitrogens with one attached hydrogen (secondary N) is 1. The number of rotatable bonds is 3. The quantitative estimate of drug-likeness (QED) is 0.779. The maximum atomic E-state index is 12.0. The van der Waals surface area contributed by atoms with Gasteiger partial charge < -0.3 is 20.7 Å². The summed E-state index contributed by atoms with van der Waals surface area (Å²) in [5.41, 5.74) is 5.80. The smallest absolute Gasteiger partial charge is 0.266 e. The Kier molecular flexibility index (Phi) is 4.24. The molecule has 0 saturated carbocycles. The van der Waals surface area contributed by atoms with Crippen molar-refractivity contribution in [3.8, 4) is 12.3 Å². The van der Waals surface area contributed by atoms with Crippen LogP contribution in [0.5, 0.6) is 0 Å². The highest BCUT2D eigenvalue weighted by Crippen LogP contribution is 2.28. The van der Waals surface area contributed by atoms with E-state index in [4.69, 9.17) is 16.9 Å². The largest absolute Gasteiger partial charge is 0.382 e. The molecule has 3 N–H and O–H groups in total. The van der Waals surface area contributed by atoms with E-state index < -0.39 is 0 Å². The number of aromatic nitrogens is 1. The second-order valence-electron chi connectivity index (χ2n) is 4.17. The number of terminal acetylenes is 1. The van der Waals surface area contributed by atoms with Crippen LogP contribution in [0.15, 0.2) is 0 Å². The first-order valence-electron chi connectivity index (χ1n) is 5.98. The van der Waals surface area contributed by atoms with Crippen LogP contribution in [0, 0.1) is 12.3 Å². The molecule has 1 saturated heterocycles. The average molecular weight is 280 g/mol. The molecule has 1 aliphatic rings. The molecule has 1 aromatic rings. The normalized spacial score (nSPS) is 16.7. The summed E-state index contributed by atoms with van der Waals surface area (Å²) >= 11 is 1.28. The minimum absolute atomic E-state index is 0.244. The van der Waals surface area contributed by atoms with E-state index in [2.05, 4.69) is 21.1 Å². The SMILES string of the molecule is C#CC(C)NC(=O)c1sc(N2CCOCC2)nc1N. The van der Waals surface area contributed by atoms with E-state index in [9.17, 15) is 4.79 Å². The Morgan fingerprint density at radius 3 is 2.95 bits per heavy atom. The van der Waals surface area contributed by atoms with Crippen LogP contribution in [0.1, 0.15) is 16.6 Å². The molecule has 7 heteroatoms. The van der Waals surface area contributed by atoms with Crippen LogP contribution in [0.25, 0.3) is 0 Å². The first-order valence-corrected chi connectivity index (χ1v) is 6.79. The van der Waals surface area contributed by atoms with Gasteiger partial charge in [0, 0.05) is 13.1 Å². The van der Waals surface area contributed by atoms with Crippen molar-refractivity contribution in [3.05, 3.63) is 4.88 Å². The second kappa shape index (κ2) is 5.91. The third-order valence-corrected chi connectivity index (χ3v) is 3.86. The van der Waals surface area contributed by atoms with E-state index in [0.717, 1.165) is 18.2 Å². The van der Waals surface area contributed by atoms with Gasteiger partial charge in [-0.2, -0.15) is 0 Å². The summed E-state index contributed by atoms with van der Waals surface area (Å²) in [6.07, 6.45) is 5.23. The Bertz CT molecular complexity index is 502. The summed E-state index contributed by atoms with van der Waals surface area (Å²) in [6.45, 7) is 4.58. The summed E-state index contributed by atoms with van der Waals surface area (Å²) in [6, 6.07) is -0.333. The summed E-state index contributed by atoms with van der Waals surface area (Å²) < 4.78 is 5.28. The first kappa shape index (κ1) is 13.6. The molecular weight excluding hydrogens is 264 g/mol. The zero-order chi connectivity index (χ0) is 13.8. The Labute approximate surface area is 115 Å². The number of anilines is 2. The van der Waals surface area contributed by atoms with E-state index >= 15 is 0 Å². The number of nitrogen functional groups attached to an aromatic ring is 1. The molecule has 2 rings (SSSR count). The molecule has 0 spiro atoms. The molecule has 0 radical (unpaired) electrons. The van der Waals surface area contributed by atoms with Gasteiger partial charge in [0.25, 0.3) is 5.91 Å². The summed E-state index contributed by atoms with van der Waals surface area (Å²) in [5.74, 6) is 2.41. The molecular formula is C12H16N4O2S. The number of carbonyl (C=O) groups excluding carboxylic acids is 1. The Morgan fingerprint density at radius 1 is 1.63 bits per heavy atom. The number of nitrogens with zero attached hydrogens (tertiary/aromatic N) is 2. The van der Waals surface area contributed by atoms with E-state index in [0.29, 0.717) is 18.1 Å². The summed E-state index contributed by atoms with van der Waals surface area (Å²) in [5, 5.41) is 3.42. The number of nitrogens with two attached hydrogens (primary N) is 1. The molecule has 1 aromatic heterocycles. The molecule has 0 aliphatic carbocycles. The van der Waals surface area contributed by atoms with Crippen molar-refractivity contribution in [2.45, 2.75) is 13.0 Å². The highest BCUT2D eigenvalue weighted by molar-refractivity contribution is 7.18. The number of carbonyl (C=O) groups is 1. The predicted molar refractivity (Wildman–Crippen MR) is 75.3 cm³/mol. The lowest BCUT2D eigenvalue weighted by atomic mass is 10.3. The van der Waals surface area contributed by atoms with Crippen molar-refractivity contribution in [1.82, 2.24) is 10.3 Å². The van der Waals surface area contributed by atoms with E-state index in [1.807, 2.05) is 0 Å². The van der Waals surface area contributed by atoms with Gasteiger partial charge in [0.1, 0.15) is 10.7 Å². The van der Waals surface area contributed by atoms with Crippen LogP contribution in [0.3, 0.4) is 0 Å². The highest BCUT2D eigenvalue weighted by Gasteiger charge is 2.21. The highest BCUT2D eigenvalue weighted by atomic mass is 32.1. The van der Waals surface area contributed by atoms with Crippen molar-refractivity contribution >= 4 is 28.2 Å². The van der Waals surface area contributed by atoms with Crippen LogP contribution < -0.4 is 16.0 Å². The van der Waals surface area contributed by atoms with Crippen molar-refractivity contribution < 1.29 is 9.53 Å². The molecule has 1 fully saturated rings. The van der Waals surface area contributed by atoms with Gasteiger partial charge in [0.2, 0.25) is 0 Å². The number of hydrogen-bond acceptors (Lipinski definition) is 6. The zero-order valence-electron chi connectivity index (χ0n) is 10.7. The Hall–Kier alpha value is -1.78. The molecule has 2 heterocycles. The van der Waals surface area contributed by atoms with Crippen LogP contribution in [0.2, 0.25) is 0 Å². The standard InChI is InChI=1S/C12H16N4O2S/c1-3-8(2)14-11(17)9-10(13)15-12(19-9)16-4-6-18-7-5-16/h1,8H,4-7,13H2,2H3,(H,14,17). The molecule has 0 bridgehead atoms. The topological polar surface area (TPSA) is 80.5 Å².